The van der Waals surface area contributed by atoms with Crippen molar-refractivity contribution in [3.63, 3.8) is 0 Å². The van der Waals surface area contributed by atoms with Crippen LogP contribution < -0.4 is 9.47 Å². The van der Waals surface area contributed by atoms with E-state index in [1.54, 1.807) is 11.3 Å². The van der Waals surface area contributed by atoms with E-state index < -0.39 is 0 Å². The number of aromatic nitrogens is 1. The number of rotatable bonds is 3. The van der Waals surface area contributed by atoms with Gasteiger partial charge in [0.05, 0.1) is 16.3 Å². The highest BCUT2D eigenvalue weighted by Crippen LogP contribution is 2.34. The number of hydrogen-bond donors (Lipinski definition) is 0. The third-order valence-electron chi connectivity index (χ3n) is 4.72. The van der Waals surface area contributed by atoms with Crippen LogP contribution in [0.15, 0.2) is 23.6 Å². The summed E-state index contributed by atoms with van der Waals surface area (Å²) in [5, 5.41) is 3.22. The molecule has 1 aromatic carbocycles. The molecule has 0 saturated carbocycles. The highest BCUT2D eigenvalue weighted by Gasteiger charge is 2.26. The Bertz CT molecular complexity index is 792. The quantitative estimate of drug-likeness (QED) is 0.828. The number of aryl methyl sites for hydroxylation is 1. The minimum absolute atomic E-state index is 0.0266. The van der Waals surface area contributed by atoms with Crippen molar-refractivity contribution in [1.29, 1.82) is 0 Å². The van der Waals surface area contributed by atoms with Crippen LogP contribution in [0.2, 0.25) is 0 Å². The van der Waals surface area contributed by atoms with Gasteiger partial charge in [0.1, 0.15) is 13.2 Å². The van der Waals surface area contributed by atoms with Crippen molar-refractivity contribution in [3.05, 3.63) is 39.8 Å². The Morgan fingerprint density at radius 3 is 2.92 bits per heavy atom. The molecular formula is C19H23N3O3S. The summed E-state index contributed by atoms with van der Waals surface area (Å²) in [6.07, 6.45) is 0.960. The van der Waals surface area contributed by atoms with Crippen LogP contribution in [0.5, 0.6) is 11.5 Å². The predicted octanol–water partition coefficient (Wildman–Crippen LogP) is 2.57. The van der Waals surface area contributed by atoms with Crippen molar-refractivity contribution in [2.24, 2.45) is 0 Å². The Labute approximate surface area is 157 Å². The molecule has 2 aromatic rings. The second-order valence-corrected chi connectivity index (χ2v) is 7.67. The van der Waals surface area contributed by atoms with E-state index in [0.29, 0.717) is 36.8 Å². The zero-order valence-corrected chi connectivity index (χ0v) is 15.8. The molecule has 1 aromatic heterocycles. The molecule has 26 heavy (non-hydrogen) atoms. The third-order valence-corrected chi connectivity index (χ3v) is 5.55. The molecule has 3 heterocycles. The number of para-hydroxylation sites is 1. The van der Waals surface area contributed by atoms with Crippen molar-refractivity contribution < 1.29 is 14.3 Å². The van der Waals surface area contributed by atoms with Gasteiger partial charge < -0.3 is 14.4 Å². The highest BCUT2D eigenvalue weighted by atomic mass is 32.1. The first kappa shape index (κ1) is 17.3. The normalized spacial score (nSPS) is 17.8. The molecule has 0 N–H and O–H groups in total. The summed E-state index contributed by atoms with van der Waals surface area (Å²) in [5.74, 6) is 1.28. The Hall–Kier alpha value is -2.12. The first-order chi connectivity index (χ1) is 12.7. The van der Waals surface area contributed by atoms with Crippen LogP contribution in [0.4, 0.5) is 0 Å². The topological polar surface area (TPSA) is 54.9 Å². The molecule has 7 heteroatoms. The smallest absolute Gasteiger partial charge is 0.257 e. The zero-order chi connectivity index (χ0) is 17.9. The van der Waals surface area contributed by atoms with Gasteiger partial charge in [0.2, 0.25) is 0 Å². The lowest BCUT2D eigenvalue weighted by Crippen LogP contribution is -2.35. The van der Waals surface area contributed by atoms with Crippen molar-refractivity contribution in [2.45, 2.75) is 19.9 Å². The number of amides is 1. The predicted molar refractivity (Wildman–Crippen MR) is 100 cm³/mol. The van der Waals surface area contributed by atoms with E-state index in [1.165, 1.54) is 0 Å². The number of carbonyl (C=O) groups excluding carboxylic acids is 1. The maximum Gasteiger partial charge on any atom is 0.257 e. The maximum absolute atomic E-state index is 13.1. The summed E-state index contributed by atoms with van der Waals surface area (Å²) in [6, 6.07) is 5.54. The van der Waals surface area contributed by atoms with Gasteiger partial charge in [-0.15, -0.1) is 11.3 Å². The van der Waals surface area contributed by atoms with E-state index in [-0.39, 0.29) is 5.91 Å². The lowest BCUT2D eigenvalue weighted by molar-refractivity contribution is 0.0750. The van der Waals surface area contributed by atoms with Crippen LogP contribution in [0.3, 0.4) is 0 Å². The molecule has 0 atom stereocenters. The van der Waals surface area contributed by atoms with Crippen LogP contribution >= 0.6 is 11.3 Å². The molecule has 6 nitrogen and oxygen atoms in total. The summed E-state index contributed by atoms with van der Waals surface area (Å²) in [6.45, 7) is 7.20. The van der Waals surface area contributed by atoms with Crippen molar-refractivity contribution in [3.8, 4) is 11.5 Å². The Balaban J connectivity index is 1.43. The van der Waals surface area contributed by atoms with Gasteiger partial charge in [0, 0.05) is 38.1 Å². The molecule has 0 aliphatic carbocycles. The lowest BCUT2D eigenvalue weighted by Gasteiger charge is -2.25. The zero-order valence-electron chi connectivity index (χ0n) is 14.9. The van der Waals surface area contributed by atoms with Crippen LogP contribution in [0.25, 0.3) is 0 Å². The van der Waals surface area contributed by atoms with E-state index in [2.05, 4.69) is 15.3 Å². The fraction of sp³-hybridized carbons (Fsp3) is 0.474. The van der Waals surface area contributed by atoms with Gasteiger partial charge in [-0.3, -0.25) is 9.69 Å². The Kier molecular flexibility index (Phi) is 5.08. The molecule has 0 bridgehead atoms. The lowest BCUT2D eigenvalue weighted by atomic mass is 10.1. The molecule has 2 aliphatic rings. The molecule has 1 fully saturated rings. The van der Waals surface area contributed by atoms with Gasteiger partial charge in [-0.25, -0.2) is 4.98 Å². The molecule has 0 radical (unpaired) electrons. The standard InChI is InChI=1S/C19H23N3O3S/c1-14-20-15(13-26-14)12-21-6-3-7-22(9-8-21)19(23)16-4-2-5-17-18(16)25-11-10-24-17/h2,4-5,13H,3,6-12H2,1H3. The van der Waals surface area contributed by atoms with E-state index in [9.17, 15) is 4.79 Å². The Morgan fingerprint density at radius 1 is 1.19 bits per heavy atom. The van der Waals surface area contributed by atoms with Gasteiger partial charge in [-0.2, -0.15) is 0 Å². The number of fused-ring (bicyclic) bond motifs is 1. The summed E-state index contributed by atoms with van der Waals surface area (Å²) in [7, 11) is 0. The molecule has 138 valence electrons. The van der Waals surface area contributed by atoms with Crippen LogP contribution in [0, 0.1) is 6.92 Å². The average Bonchev–Trinajstić information content (AvgIpc) is 2.93. The minimum Gasteiger partial charge on any atom is -0.486 e. The molecule has 0 unspecified atom stereocenters. The minimum atomic E-state index is 0.0266. The second kappa shape index (κ2) is 7.63. The summed E-state index contributed by atoms with van der Waals surface area (Å²) in [5.41, 5.74) is 1.72. The number of thiazole rings is 1. The van der Waals surface area contributed by atoms with E-state index in [4.69, 9.17) is 9.47 Å². The maximum atomic E-state index is 13.1. The van der Waals surface area contributed by atoms with Gasteiger partial charge >= 0.3 is 0 Å². The fourth-order valence-corrected chi connectivity index (χ4v) is 4.06. The van der Waals surface area contributed by atoms with Crippen LogP contribution in [-0.4, -0.2) is 60.1 Å². The summed E-state index contributed by atoms with van der Waals surface area (Å²) in [4.78, 5) is 21.9. The van der Waals surface area contributed by atoms with Crippen molar-refractivity contribution >= 4 is 17.2 Å². The fourth-order valence-electron chi connectivity index (χ4n) is 3.45. The number of ether oxygens (including phenoxy) is 2. The molecular weight excluding hydrogens is 350 g/mol. The molecule has 1 saturated heterocycles. The first-order valence-corrected chi connectivity index (χ1v) is 9.90. The first-order valence-electron chi connectivity index (χ1n) is 9.02. The van der Waals surface area contributed by atoms with Crippen molar-refractivity contribution in [1.82, 2.24) is 14.8 Å². The largest absolute Gasteiger partial charge is 0.486 e. The van der Waals surface area contributed by atoms with Gasteiger partial charge in [0.15, 0.2) is 11.5 Å². The number of hydrogen-bond acceptors (Lipinski definition) is 6. The molecule has 2 aliphatic heterocycles. The van der Waals surface area contributed by atoms with Gasteiger partial charge in [-0.1, -0.05) is 6.07 Å². The summed E-state index contributed by atoms with van der Waals surface area (Å²) < 4.78 is 11.3. The average molecular weight is 373 g/mol. The number of carbonyl (C=O) groups is 1. The molecule has 4 rings (SSSR count). The van der Waals surface area contributed by atoms with E-state index in [1.807, 2.05) is 30.0 Å². The van der Waals surface area contributed by atoms with Gasteiger partial charge in [-0.05, 0) is 25.5 Å². The van der Waals surface area contributed by atoms with Crippen LogP contribution in [-0.2, 0) is 6.54 Å². The Morgan fingerprint density at radius 2 is 2.08 bits per heavy atom. The van der Waals surface area contributed by atoms with Gasteiger partial charge in [0.25, 0.3) is 5.91 Å². The van der Waals surface area contributed by atoms with E-state index in [0.717, 1.165) is 43.3 Å². The number of benzene rings is 1. The molecule has 0 spiro atoms. The SMILES string of the molecule is Cc1nc(CN2CCCN(C(=O)c3cccc4c3OCCO4)CC2)cs1. The molecule has 1 amide bonds. The second-order valence-electron chi connectivity index (χ2n) is 6.61. The monoisotopic (exact) mass is 373 g/mol. The highest BCUT2D eigenvalue weighted by molar-refractivity contribution is 7.09. The third kappa shape index (κ3) is 3.68. The van der Waals surface area contributed by atoms with Crippen LogP contribution in [0.1, 0.15) is 27.5 Å². The summed E-state index contributed by atoms with van der Waals surface area (Å²) >= 11 is 1.69. The van der Waals surface area contributed by atoms with Crippen molar-refractivity contribution in [2.75, 3.05) is 39.4 Å². The van der Waals surface area contributed by atoms with E-state index >= 15 is 0 Å². The number of nitrogens with zero attached hydrogens (tertiary/aromatic N) is 3.